The molecule has 0 aliphatic heterocycles. The van der Waals surface area contributed by atoms with Gasteiger partial charge >= 0.3 is 0 Å². The van der Waals surface area contributed by atoms with Crippen LogP contribution in [0.1, 0.15) is 20.9 Å². The minimum atomic E-state index is -0.0368. The molecule has 0 unspecified atom stereocenters. The number of carbonyl (C=O) groups excluding carboxylic acids is 1. The summed E-state index contributed by atoms with van der Waals surface area (Å²) in [5.74, 6) is -0.0368. The third kappa shape index (κ3) is 3.54. The number of aromatic nitrogens is 1. The first-order valence-corrected chi connectivity index (χ1v) is 10.2. The highest BCUT2D eigenvalue weighted by Crippen LogP contribution is 2.33. The minimum absolute atomic E-state index is 0.0368. The standard InChI is InChI=1S/C21H18N2OS2/c1-14-2-4-15(5-3-14)18-12-16(13-19-17(18)7-10-25-19)21(24)23-8-6-20-22-9-11-26-20/h2-5,7,9-13H,6,8H2,1H3,(H,23,24). The number of nitrogens with zero attached hydrogens (tertiary/aromatic N) is 1. The number of rotatable bonds is 5. The number of hydrogen-bond donors (Lipinski definition) is 1. The highest BCUT2D eigenvalue weighted by atomic mass is 32.1. The van der Waals surface area contributed by atoms with Gasteiger partial charge in [0.2, 0.25) is 0 Å². The van der Waals surface area contributed by atoms with Crippen molar-refractivity contribution in [2.24, 2.45) is 0 Å². The lowest BCUT2D eigenvalue weighted by Gasteiger charge is -2.09. The fraction of sp³-hybridized carbons (Fsp3) is 0.143. The lowest BCUT2D eigenvalue weighted by molar-refractivity contribution is 0.0954. The van der Waals surface area contributed by atoms with Gasteiger partial charge < -0.3 is 5.32 Å². The predicted octanol–water partition coefficient (Wildman–Crippen LogP) is 5.31. The normalized spacial score (nSPS) is 11.0. The Kier molecular flexibility index (Phi) is 4.82. The third-order valence-electron chi connectivity index (χ3n) is 4.30. The van der Waals surface area contributed by atoms with Crippen molar-refractivity contribution in [2.45, 2.75) is 13.3 Å². The molecule has 0 atom stereocenters. The molecule has 0 saturated carbocycles. The van der Waals surface area contributed by atoms with E-state index in [0.29, 0.717) is 12.1 Å². The number of fused-ring (bicyclic) bond motifs is 1. The van der Waals surface area contributed by atoms with Crippen molar-refractivity contribution >= 4 is 38.7 Å². The van der Waals surface area contributed by atoms with E-state index in [2.05, 4.69) is 52.9 Å². The van der Waals surface area contributed by atoms with Gasteiger partial charge in [-0.25, -0.2) is 4.98 Å². The van der Waals surface area contributed by atoms with Crippen LogP contribution in [0, 0.1) is 6.92 Å². The van der Waals surface area contributed by atoms with Crippen LogP contribution in [-0.2, 0) is 6.42 Å². The monoisotopic (exact) mass is 378 g/mol. The van der Waals surface area contributed by atoms with Crippen LogP contribution in [-0.4, -0.2) is 17.4 Å². The molecule has 3 nitrogen and oxygen atoms in total. The van der Waals surface area contributed by atoms with E-state index in [4.69, 9.17) is 0 Å². The summed E-state index contributed by atoms with van der Waals surface area (Å²) in [6, 6.07) is 14.6. The Morgan fingerprint density at radius 3 is 2.69 bits per heavy atom. The number of thiazole rings is 1. The van der Waals surface area contributed by atoms with Crippen molar-refractivity contribution in [3.63, 3.8) is 0 Å². The summed E-state index contributed by atoms with van der Waals surface area (Å²) in [5, 5.41) is 9.28. The average Bonchev–Trinajstić information content (AvgIpc) is 3.33. The fourth-order valence-corrected chi connectivity index (χ4v) is 4.41. The van der Waals surface area contributed by atoms with Crippen LogP contribution in [0.2, 0.25) is 0 Å². The van der Waals surface area contributed by atoms with Crippen LogP contribution in [0.4, 0.5) is 0 Å². The zero-order chi connectivity index (χ0) is 17.9. The largest absolute Gasteiger partial charge is 0.352 e. The molecule has 5 heteroatoms. The molecule has 2 aromatic heterocycles. The van der Waals surface area contributed by atoms with Gasteiger partial charge in [-0.1, -0.05) is 29.8 Å². The van der Waals surface area contributed by atoms with E-state index < -0.39 is 0 Å². The van der Waals surface area contributed by atoms with Gasteiger partial charge in [0.05, 0.1) is 5.01 Å². The zero-order valence-electron chi connectivity index (χ0n) is 14.4. The molecular weight excluding hydrogens is 360 g/mol. The Balaban J connectivity index is 1.61. The molecule has 0 saturated heterocycles. The molecule has 0 aliphatic rings. The molecule has 4 rings (SSSR count). The molecule has 1 N–H and O–H groups in total. The summed E-state index contributed by atoms with van der Waals surface area (Å²) in [6.45, 7) is 2.67. The van der Waals surface area contributed by atoms with E-state index in [9.17, 15) is 4.79 Å². The Morgan fingerprint density at radius 2 is 1.92 bits per heavy atom. The average molecular weight is 379 g/mol. The van der Waals surface area contributed by atoms with Gasteiger partial charge in [0.1, 0.15) is 0 Å². The second-order valence-corrected chi connectivity index (χ2v) is 8.08. The number of hydrogen-bond acceptors (Lipinski definition) is 4. The van der Waals surface area contributed by atoms with Gasteiger partial charge in [-0.05, 0) is 41.6 Å². The summed E-state index contributed by atoms with van der Waals surface area (Å²) in [5.41, 5.74) is 4.17. The van der Waals surface area contributed by atoms with Crippen molar-refractivity contribution < 1.29 is 4.79 Å². The molecule has 1 amide bonds. The predicted molar refractivity (Wildman–Crippen MR) is 110 cm³/mol. The van der Waals surface area contributed by atoms with Crippen LogP contribution >= 0.6 is 22.7 Å². The lowest BCUT2D eigenvalue weighted by Crippen LogP contribution is -2.25. The van der Waals surface area contributed by atoms with E-state index in [0.717, 1.165) is 27.3 Å². The smallest absolute Gasteiger partial charge is 0.251 e. The quantitative estimate of drug-likeness (QED) is 0.512. The molecule has 4 aromatic rings. The summed E-state index contributed by atoms with van der Waals surface area (Å²) in [6.07, 6.45) is 2.55. The van der Waals surface area contributed by atoms with Gasteiger partial charge in [-0.2, -0.15) is 0 Å². The van der Waals surface area contributed by atoms with E-state index in [-0.39, 0.29) is 5.91 Å². The van der Waals surface area contributed by atoms with Crippen molar-refractivity contribution in [2.75, 3.05) is 6.54 Å². The molecule has 0 spiro atoms. The van der Waals surface area contributed by atoms with Gasteiger partial charge in [0, 0.05) is 40.2 Å². The van der Waals surface area contributed by atoms with Crippen LogP contribution in [0.5, 0.6) is 0 Å². The molecule has 0 bridgehead atoms. The second-order valence-electron chi connectivity index (χ2n) is 6.15. The Labute approximate surface area is 160 Å². The molecule has 2 aromatic carbocycles. The van der Waals surface area contributed by atoms with Crippen LogP contribution in [0.3, 0.4) is 0 Å². The van der Waals surface area contributed by atoms with Gasteiger partial charge in [-0.3, -0.25) is 4.79 Å². The molecule has 26 heavy (non-hydrogen) atoms. The fourth-order valence-electron chi connectivity index (χ4n) is 2.94. The van der Waals surface area contributed by atoms with E-state index in [1.54, 1.807) is 28.9 Å². The zero-order valence-corrected chi connectivity index (χ0v) is 16.0. The Bertz CT molecular complexity index is 1030. The molecule has 0 aliphatic carbocycles. The van der Waals surface area contributed by atoms with E-state index in [1.807, 2.05) is 17.5 Å². The van der Waals surface area contributed by atoms with Gasteiger partial charge in [0.15, 0.2) is 0 Å². The first-order valence-electron chi connectivity index (χ1n) is 8.45. The maximum atomic E-state index is 12.7. The van der Waals surface area contributed by atoms with Crippen molar-refractivity contribution in [3.8, 4) is 11.1 Å². The number of carbonyl (C=O) groups is 1. The number of amides is 1. The topological polar surface area (TPSA) is 42.0 Å². The van der Waals surface area contributed by atoms with Crippen molar-refractivity contribution in [3.05, 3.63) is 75.6 Å². The van der Waals surface area contributed by atoms with Crippen LogP contribution < -0.4 is 5.32 Å². The number of aryl methyl sites for hydroxylation is 1. The summed E-state index contributed by atoms with van der Waals surface area (Å²) >= 11 is 3.28. The molecule has 2 heterocycles. The number of nitrogens with one attached hydrogen (secondary N) is 1. The first-order chi connectivity index (χ1) is 12.7. The molecule has 130 valence electrons. The summed E-state index contributed by atoms with van der Waals surface area (Å²) < 4.78 is 1.13. The minimum Gasteiger partial charge on any atom is -0.352 e. The van der Waals surface area contributed by atoms with Crippen molar-refractivity contribution in [1.82, 2.24) is 10.3 Å². The molecular formula is C21H18N2OS2. The lowest BCUT2D eigenvalue weighted by atomic mass is 9.98. The first kappa shape index (κ1) is 16.9. The van der Waals surface area contributed by atoms with Crippen LogP contribution in [0.15, 0.2) is 59.4 Å². The number of thiophene rings is 1. The maximum absolute atomic E-state index is 12.7. The second kappa shape index (κ2) is 7.40. The Morgan fingerprint density at radius 1 is 1.08 bits per heavy atom. The highest BCUT2D eigenvalue weighted by molar-refractivity contribution is 7.17. The van der Waals surface area contributed by atoms with E-state index in [1.165, 1.54) is 10.9 Å². The van der Waals surface area contributed by atoms with Crippen molar-refractivity contribution in [1.29, 1.82) is 0 Å². The van der Waals surface area contributed by atoms with Crippen LogP contribution in [0.25, 0.3) is 21.2 Å². The number of benzene rings is 2. The van der Waals surface area contributed by atoms with E-state index >= 15 is 0 Å². The summed E-state index contributed by atoms with van der Waals surface area (Å²) in [4.78, 5) is 16.9. The maximum Gasteiger partial charge on any atom is 0.251 e. The highest BCUT2D eigenvalue weighted by Gasteiger charge is 2.12. The van der Waals surface area contributed by atoms with Gasteiger partial charge in [0.25, 0.3) is 5.91 Å². The Hall–Kier alpha value is -2.50. The third-order valence-corrected chi connectivity index (χ3v) is 6.01. The summed E-state index contributed by atoms with van der Waals surface area (Å²) in [7, 11) is 0. The molecule has 0 fully saturated rings. The van der Waals surface area contributed by atoms with Gasteiger partial charge in [-0.15, -0.1) is 22.7 Å². The SMILES string of the molecule is Cc1ccc(-c2cc(C(=O)NCCc3nccs3)cc3sccc23)cc1. The molecule has 0 radical (unpaired) electrons.